The monoisotopic (exact) mass is 428 g/mol. The van der Waals surface area contributed by atoms with Gasteiger partial charge in [0.2, 0.25) is 0 Å². The van der Waals surface area contributed by atoms with Crippen LogP contribution in [0.1, 0.15) is 27.1 Å². The third kappa shape index (κ3) is 6.59. The number of thiol groups is 1. The summed E-state index contributed by atoms with van der Waals surface area (Å²) in [6, 6.07) is 6.10. The predicted octanol–water partition coefficient (Wildman–Crippen LogP) is 2.00. The molecule has 0 atom stereocenters. The molecule has 0 fully saturated rings. The van der Waals surface area contributed by atoms with Crippen LogP contribution in [-0.4, -0.2) is 22.9 Å². The van der Waals surface area contributed by atoms with Crippen molar-refractivity contribution in [2.24, 2.45) is 0 Å². The van der Waals surface area contributed by atoms with Crippen molar-refractivity contribution >= 4 is 24.3 Å². The van der Waals surface area contributed by atoms with Gasteiger partial charge in [-0.2, -0.15) is 12.6 Å². The van der Waals surface area contributed by atoms with Crippen molar-refractivity contribution in [1.82, 2.24) is 0 Å². The fourth-order valence-electron chi connectivity index (χ4n) is 1.05. The molecule has 1 aromatic carbocycles. The molecular formula is C11H15NO3ReS-2. The van der Waals surface area contributed by atoms with E-state index in [2.05, 4.69) is 12.6 Å². The van der Waals surface area contributed by atoms with Gasteiger partial charge in [-0.05, 0) is 11.3 Å². The smallest absolute Gasteiger partial charge is 0.163 e. The first-order chi connectivity index (χ1) is 6.65. The minimum atomic E-state index is -0.738. The van der Waals surface area contributed by atoms with Crippen LogP contribution in [0, 0.1) is 7.43 Å². The number of rotatable bonds is 4. The fraction of sp³-hybridized carbons (Fsp3) is 0.182. The second-order valence-corrected chi connectivity index (χ2v) is 3.25. The number of benzene rings is 1. The maximum atomic E-state index is 11.3. The number of hydrogen-bond acceptors (Lipinski definition) is 3. The standard InChI is InChI=1S/C10H11NO2S.CH3.H2O.Re/c11-10(13)8-3-1-7(2-4-8)9(12)5-6-14;;;/h1-4H,5-6H2,(H3,11,13,14);1H3;1H2;/q;-1;;/p-1. The van der Waals surface area contributed by atoms with Crippen LogP contribution in [0.4, 0.5) is 0 Å². The molecule has 1 rings (SSSR count). The Morgan fingerprint density at radius 1 is 1.12 bits per heavy atom. The van der Waals surface area contributed by atoms with Gasteiger partial charge in [-0.15, -0.1) is 0 Å². The molecule has 0 aliphatic rings. The van der Waals surface area contributed by atoms with Gasteiger partial charge >= 0.3 is 0 Å². The van der Waals surface area contributed by atoms with Gasteiger partial charge in [0, 0.05) is 32.4 Å². The van der Waals surface area contributed by atoms with E-state index in [4.69, 9.17) is 5.73 Å². The largest absolute Gasteiger partial charge is 0.664 e. The van der Waals surface area contributed by atoms with E-state index >= 15 is 0 Å². The molecule has 97 valence electrons. The Bertz CT molecular complexity index is 354. The van der Waals surface area contributed by atoms with Crippen LogP contribution >= 0.6 is 12.6 Å². The zero-order chi connectivity index (χ0) is 10.6. The molecule has 4 nitrogen and oxygen atoms in total. The molecule has 0 aromatic heterocycles. The number of carbonyl (C=O) groups is 2. The first kappa shape index (κ1) is 21.6. The molecule has 0 unspecified atom stereocenters. The number of carbonyl (C=O) groups excluding carboxylic acids is 2. The van der Waals surface area contributed by atoms with E-state index in [1.54, 1.807) is 12.1 Å². The normalized spacial score (nSPS) is 8.06. The van der Waals surface area contributed by atoms with Crippen molar-refractivity contribution in [3.05, 3.63) is 48.6 Å². The van der Waals surface area contributed by atoms with E-state index in [1.807, 2.05) is 0 Å². The Hall–Kier alpha value is -0.668. The Labute approximate surface area is 120 Å². The molecule has 1 radical (unpaired) electrons. The minimum absolute atomic E-state index is 0. The summed E-state index contributed by atoms with van der Waals surface area (Å²) in [6.07, 6.45) is 0.386. The molecule has 6 heteroatoms. The summed E-state index contributed by atoms with van der Waals surface area (Å²) in [5.41, 5.74) is 7.70. The molecule has 0 aliphatic carbocycles. The van der Waals surface area contributed by atoms with Crippen molar-refractivity contribution in [3.63, 3.8) is 0 Å². The van der Waals surface area contributed by atoms with E-state index in [-0.39, 0.29) is 39.1 Å². The van der Waals surface area contributed by atoms with E-state index < -0.39 is 5.91 Å². The van der Waals surface area contributed by atoms with E-state index in [1.165, 1.54) is 12.1 Å². The first-order valence-corrected chi connectivity index (χ1v) is 4.78. The minimum Gasteiger partial charge on any atom is -0.664 e. The summed E-state index contributed by atoms with van der Waals surface area (Å²) in [5.74, 6) is -0.222. The van der Waals surface area contributed by atoms with Crippen molar-refractivity contribution in [2.45, 2.75) is 6.42 Å². The SMILES string of the molecule is O.[CH3-].[NH-]C(=O)c1ccc(C(=O)CCS)cc1.[Re]. The maximum absolute atomic E-state index is 11.3. The summed E-state index contributed by atoms with van der Waals surface area (Å²) >= 11 is 3.96. The van der Waals surface area contributed by atoms with Crippen LogP contribution in [0.15, 0.2) is 24.3 Å². The van der Waals surface area contributed by atoms with Gasteiger partial charge in [0.05, 0.1) is 5.91 Å². The summed E-state index contributed by atoms with van der Waals surface area (Å²) in [6.45, 7) is 0. The molecule has 0 bridgehead atoms. The average Bonchev–Trinajstić information content (AvgIpc) is 2.18. The Balaban J connectivity index is -0.000000653. The van der Waals surface area contributed by atoms with Gasteiger partial charge in [-0.3, -0.25) is 4.79 Å². The molecule has 0 saturated heterocycles. The predicted molar refractivity (Wildman–Crippen MR) is 67.9 cm³/mol. The van der Waals surface area contributed by atoms with Gasteiger partial charge in [0.1, 0.15) is 0 Å². The molecule has 17 heavy (non-hydrogen) atoms. The maximum Gasteiger partial charge on any atom is 0.163 e. The van der Waals surface area contributed by atoms with Gasteiger partial charge in [-0.1, -0.05) is 24.3 Å². The van der Waals surface area contributed by atoms with Crippen molar-refractivity contribution in [2.75, 3.05) is 5.75 Å². The van der Waals surface area contributed by atoms with Crippen LogP contribution < -0.4 is 0 Å². The molecule has 1 amide bonds. The molecule has 0 heterocycles. The topological polar surface area (TPSA) is 89.4 Å². The number of hydrogen-bond donors (Lipinski definition) is 1. The summed E-state index contributed by atoms with van der Waals surface area (Å²) in [7, 11) is 0. The summed E-state index contributed by atoms with van der Waals surface area (Å²) < 4.78 is 0. The van der Waals surface area contributed by atoms with Gasteiger partial charge in [-0.25, -0.2) is 0 Å². The zero-order valence-electron chi connectivity index (χ0n) is 9.37. The van der Waals surface area contributed by atoms with E-state index in [9.17, 15) is 9.59 Å². The third-order valence-electron chi connectivity index (χ3n) is 1.81. The number of amides is 1. The quantitative estimate of drug-likeness (QED) is 0.452. The Morgan fingerprint density at radius 3 is 1.88 bits per heavy atom. The second kappa shape index (κ2) is 10.5. The molecule has 0 saturated carbocycles. The average molecular weight is 428 g/mol. The van der Waals surface area contributed by atoms with E-state index in [0.717, 1.165) is 0 Å². The van der Waals surface area contributed by atoms with Crippen LogP contribution in [0.5, 0.6) is 0 Å². The summed E-state index contributed by atoms with van der Waals surface area (Å²) in [5, 5.41) is 0. The van der Waals surface area contributed by atoms with Crippen LogP contribution in [0.25, 0.3) is 5.73 Å². The number of nitrogens with one attached hydrogen (secondary N) is 1. The van der Waals surface area contributed by atoms with E-state index in [0.29, 0.717) is 23.3 Å². The molecule has 0 spiro atoms. The molecule has 1 aromatic rings. The second-order valence-electron chi connectivity index (χ2n) is 2.80. The van der Waals surface area contributed by atoms with Crippen LogP contribution in [-0.2, 0) is 20.4 Å². The van der Waals surface area contributed by atoms with Gasteiger partial charge in [0.15, 0.2) is 5.78 Å². The molecular weight excluding hydrogens is 412 g/mol. The van der Waals surface area contributed by atoms with Crippen molar-refractivity contribution in [1.29, 1.82) is 0 Å². The fourth-order valence-corrected chi connectivity index (χ4v) is 1.26. The Morgan fingerprint density at radius 2 is 1.53 bits per heavy atom. The molecule has 0 aliphatic heterocycles. The van der Waals surface area contributed by atoms with Gasteiger partial charge in [0.25, 0.3) is 0 Å². The molecule has 3 N–H and O–H groups in total. The van der Waals surface area contributed by atoms with Crippen molar-refractivity contribution < 1.29 is 35.5 Å². The Kier molecular flexibility index (Phi) is 13.3. The van der Waals surface area contributed by atoms with Gasteiger partial charge < -0.3 is 23.4 Å². The van der Waals surface area contributed by atoms with Crippen LogP contribution in [0.2, 0.25) is 0 Å². The number of Topliss-reactive ketones (excluding diaryl/α,β-unsaturated/α-hetero) is 1. The van der Waals surface area contributed by atoms with Crippen molar-refractivity contribution in [3.8, 4) is 0 Å². The van der Waals surface area contributed by atoms with Crippen LogP contribution in [0.3, 0.4) is 0 Å². The zero-order valence-corrected chi connectivity index (χ0v) is 13.0. The third-order valence-corrected chi connectivity index (χ3v) is 2.03. The summed E-state index contributed by atoms with van der Waals surface area (Å²) in [4.78, 5) is 22.0. The number of ketones is 1. The first-order valence-electron chi connectivity index (χ1n) is 4.15.